The van der Waals surface area contributed by atoms with E-state index >= 15 is 0 Å². The van der Waals surface area contributed by atoms with Crippen LogP contribution in [-0.2, 0) is 0 Å². The average Bonchev–Trinajstić information content (AvgIpc) is 2.34. The fourth-order valence-corrected chi connectivity index (χ4v) is 1.66. The van der Waals surface area contributed by atoms with Crippen molar-refractivity contribution < 1.29 is 0 Å². The second kappa shape index (κ2) is 11.6. The highest BCUT2D eigenvalue weighted by molar-refractivity contribution is 5.30. The summed E-state index contributed by atoms with van der Waals surface area (Å²) in [7, 11) is 0. The van der Waals surface area contributed by atoms with E-state index < -0.39 is 0 Å². The monoisotopic (exact) mass is 210 g/mol. The summed E-state index contributed by atoms with van der Waals surface area (Å²) in [5, 5.41) is 0. The molecule has 0 saturated heterocycles. The standard InChI is InChI=1S/C11H18.2C2H6/c1-9(2)10(3)11-7-5-4-6-8-11;2*1-2/h1,4-8H2,2-3H3;2*1-2H3. The molecule has 1 saturated carbocycles. The van der Waals surface area contributed by atoms with Crippen LogP contribution in [0.5, 0.6) is 0 Å². The molecular formula is C15H30. The Morgan fingerprint density at radius 1 is 0.867 bits per heavy atom. The fraction of sp³-hybridized carbons (Fsp3) is 0.733. The lowest BCUT2D eigenvalue weighted by Gasteiger charge is -2.16. The first kappa shape index (κ1) is 16.9. The van der Waals surface area contributed by atoms with E-state index in [0.29, 0.717) is 0 Å². The lowest BCUT2D eigenvalue weighted by Crippen LogP contribution is -1.97. The van der Waals surface area contributed by atoms with E-state index in [1.807, 2.05) is 27.7 Å². The quantitative estimate of drug-likeness (QED) is 0.506. The maximum absolute atomic E-state index is 3.97. The first-order valence-corrected chi connectivity index (χ1v) is 6.56. The first-order chi connectivity index (χ1) is 7.22. The molecule has 1 rings (SSSR count). The zero-order chi connectivity index (χ0) is 12.3. The van der Waals surface area contributed by atoms with Gasteiger partial charge in [-0.15, -0.1) is 0 Å². The van der Waals surface area contributed by atoms with Crippen molar-refractivity contribution >= 4 is 0 Å². The Morgan fingerprint density at radius 2 is 1.27 bits per heavy atom. The van der Waals surface area contributed by atoms with E-state index in [1.54, 1.807) is 5.57 Å². The maximum Gasteiger partial charge on any atom is -0.0314 e. The SMILES string of the molecule is C=C(C)C(C)=C1CCCCC1.CC.CC. The lowest BCUT2D eigenvalue weighted by molar-refractivity contribution is 0.594. The van der Waals surface area contributed by atoms with Crippen molar-refractivity contribution in [1.82, 2.24) is 0 Å². The molecule has 0 amide bonds. The predicted molar refractivity (Wildman–Crippen MR) is 73.3 cm³/mol. The van der Waals surface area contributed by atoms with Gasteiger partial charge in [0.15, 0.2) is 0 Å². The van der Waals surface area contributed by atoms with E-state index in [2.05, 4.69) is 20.4 Å². The summed E-state index contributed by atoms with van der Waals surface area (Å²) >= 11 is 0. The Kier molecular flexibility index (Phi) is 13.0. The second-order valence-electron chi connectivity index (χ2n) is 3.57. The molecule has 0 aromatic carbocycles. The van der Waals surface area contributed by atoms with Crippen LogP contribution in [0.25, 0.3) is 0 Å². The van der Waals surface area contributed by atoms with Gasteiger partial charge in [0, 0.05) is 0 Å². The number of allylic oxidation sites excluding steroid dienone is 3. The summed E-state index contributed by atoms with van der Waals surface area (Å²) in [4.78, 5) is 0. The van der Waals surface area contributed by atoms with Crippen molar-refractivity contribution in [3.8, 4) is 0 Å². The molecule has 0 bridgehead atoms. The second-order valence-corrected chi connectivity index (χ2v) is 3.57. The Labute approximate surface area is 97.5 Å². The normalized spacial score (nSPS) is 14.1. The Bertz CT molecular complexity index is 176. The molecule has 0 radical (unpaired) electrons. The first-order valence-electron chi connectivity index (χ1n) is 6.56. The number of hydrogen-bond donors (Lipinski definition) is 0. The highest BCUT2D eigenvalue weighted by Crippen LogP contribution is 2.27. The molecule has 1 aliphatic rings. The van der Waals surface area contributed by atoms with E-state index in [4.69, 9.17) is 0 Å². The minimum atomic E-state index is 1.25. The molecule has 0 aromatic heterocycles. The minimum Gasteiger partial charge on any atom is -0.0959 e. The van der Waals surface area contributed by atoms with Gasteiger partial charge in [0.2, 0.25) is 0 Å². The summed E-state index contributed by atoms with van der Waals surface area (Å²) in [5.41, 5.74) is 4.37. The van der Waals surface area contributed by atoms with Crippen LogP contribution in [0.3, 0.4) is 0 Å². The Hall–Kier alpha value is -0.520. The highest BCUT2D eigenvalue weighted by atomic mass is 14.1. The molecule has 1 fully saturated rings. The number of rotatable bonds is 1. The minimum absolute atomic E-state index is 1.25. The summed E-state index contributed by atoms with van der Waals surface area (Å²) in [6.45, 7) is 16.3. The predicted octanol–water partition coefficient (Wildman–Crippen LogP) is 5.90. The summed E-state index contributed by atoms with van der Waals surface area (Å²) in [5.74, 6) is 0. The van der Waals surface area contributed by atoms with Crippen LogP contribution >= 0.6 is 0 Å². The molecule has 0 aliphatic heterocycles. The van der Waals surface area contributed by atoms with Crippen molar-refractivity contribution in [2.75, 3.05) is 0 Å². The van der Waals surface area contributed by atoms with Crippen LogP contribution in [0.2, 0.25) is 0 Å². The van der Waals surface area contributed by atoms with Gasteiger partial charge >= 0.3 is 0 Å². The van der Waals surface area contributed by atoms with Gasteiger partial charge in [0.25, 0.3) is 0 Å². The van der Waals surface area contributed by atoms with E-state index in [1.165, 1.54) is 43.3 Å². The van der Waals surface area contributed by atoms with E-state index in [-0.39, 0.29) is 0 Å². The van der Waals surface area contributed by atoms with Gasteiger partial charge in [-0.2, -0.15) is 0 Å². The van der Waals surface area contributed by atoms with E-state index in [0.717, 1.165) is 0 Å². The zero-order valence-electron chi connectivity index (χ0n) is 11.7. The van der Waals surface area contributed by atoms with Gasteiger partial charge in [0.1, 0.15) is 0 Å². The smallest absolute Gasteiger partial charge is 0.0314 e. The third-order valence-corrected chi connectivity index (χ3v) is 2.63. The summed E-state index contributed by atoms with van der Waals surface area (Å²) in [6.07, 6.45) is 6.84. The van der Waals surface area contributed by atoms with Gasteiger partial charge in [-0.1, -0.05) is 51.8 Å². The average molecular weight is 210 g/mol. The highest BCUT2D eigenvalue weighted by Gasteiger charge is 2.07. The third-order valence-electron chi connectivity index (χ3n) is 2.63. The fourth-order valence-electron chi connectivity index (χ4n) is 1.66. The molecule has 0 N–H and O–H groups in total. The van der Waals surface area contributed by atoms with Crippen molar-refractivity contribution in [2.24, 2.45) is 0 Å². The van der Waals surface area contributed by atoms with Gasteiger partial charge in [-0.05, 0) is 45.1 Å². The molecule has 0 nitrogen and oxygen atoms in total. The van der Waals surface area contributed by atoms with Crippen LogP contribution in [0.4, 0.5) is 0 Å². The van der Waals surface area contributed by atoms with Gasteiger partial charge in [-0.25, -0.2) is 0 Å². The molecule has 0 heterocycles. The van der Waals surface area contributed by atoms with Crippen LogP contribution in [0.1, 0.15) is 73.6 Å². The zero-order valence-corrected chi connectivity index (χ0v) is 11.7. The van der Waals surface area contributed by atoms with Crippen molar-refractivity contribution in [2.45, 2.75) is 73.6 Å². The van der Waals surface area contributed by atoms with Gasteiger partial charge < -0.3 is 0 Å². The van der Waals surface area contributed by atoms with E-state index in [9.17, 15) is 0 Å². The largest absolute Gasteiger partial charge is 0.0959 e. The molecule has 0 aromatic rings. The van der Waals surface area contributed by atoms with Crippen LogP contribution < -0.4 is 0 Å². The Balaban J connectivity index is 0. The van der Waals surface area contributed by atoms with Crippen LogP contribution in [-0.4, -0.2) is 0 Å². The molecular weight excluding hydrogens is 180 g/mol. The molecule has 0 heteroatoms. The van der Waals surface area contributed by atoms with Crippen LogP contribution in [0, 0.1) is 0 Å². The van der Waals surface area contributed by atoms with Crippen molar-refractivity contribution in [3.05, 3.63) is 23.3 Å². The lowest BCUT2D eigenvalue weighted by atomic mass is 9.90. The third kappa shape index (κ3) is 7.41. The molecule has 15 heavy (non-hydrogen) atoms. The summed E-state index contributed by atoms with van der Waals surface area (Å²) in [6, 6.07) is 0. The molecule has 90 valence electrons. The van der Waals surface area contributed by atoms with Gasteiger partial charge in [0.05, 0.1) is 0 Å². The topological polar surface area (TPSA) is 0 Å². The Morgan fingerprint density at radius 3 is 1.60 bits per heavy atom. The number of hydrogen-bond acceptors (Lipinski definition) is 0. The molecule has 0 atom stereocenters. The van der Waals surface area contributed by atoms with Gasteiger partial charge in [-0.3, -0.25) is 0 Å². The maximum atomic E-state index is 3.97. The van der Waals surface area contributed by atoms with Crippen LogP contribution in [0.15, 0.2) is 23.3 Å². The molecule has 0 unspecified atom stereocenters. The molecule has 0 spiro atoms. The van der Waals surface area contributed by atoms with Crippen molar-refractivity contribution in [3.63, 3.8) is 0 Å². The molecule has 1 aliphatic carbocycles. The van der Waals surface area contributed by atoms with Crippen molar-refractivity contribution in [1.29, 1.82) is 0 Å². The summed E-state index contributed by atoms with van der Waals surface area (Å²) < 4.78 is 0.